The molecule has 5 amide bonds. The minimum atomic E-state index is -1.11. The maximum Gasteiger partial charge on any atom is 0.325 e. The first-order chi connectivity index (χ1) is 19.7. The van der Waals surface area contributed by atoms with Gasteiger partial charge < -0.3 is 31.3 Å². The Kier molecular flexibility index (Phi) is 16.9. The Morgan fingerprint density at radius 1 is 0.930 bits per heavy atom. The van der Waals surface area contributed by atoms with E-state index in [0.717, 1.165) is 18.8 Å². The number of hydrogen-bond acceptors (Lipinski definition) is 8. The molecule has 1 saturated heterocycles. The van der Waals surface area contributed by atoms with Gasteiger partial charge in [0.1, 0.15) is 24.2 Å². The number of nitrogens with two attached hydrogens (primary N) is 1. The van der Waals surface area contributed by atoms with E-state index in [2.05, 4.69) is 49.4 Å². The van der Waals surface area contributed by atoms with Gasteiger partial charge in [-0.25, -0.2) is 4.79 Å². The number of likely N-dealkylation sites (tertiary alicyclic amines) is 1. The second kappa shape index (κ2) is 18.1. The van der Waals surface area contributed by atoms with E-state index in [1.54, 1.807) is 47.8 Å². The summed E-state index contributed by atoms with van der Waals surface area (Å²) < 4.78 is 5.17. The van der Waals surface area contributed by atoms with Crippen molar-refractivity contribution in [1.29, 1.82) is 0 Å². The van der Waals surface area contributed by atoms with Gasteiger partial charge in [0.15, 0.2) is 0 Å². The third-order valence-electron chi connectivity index (χ3n) is 6.18. The van der Waals surface area contributed by atoms with Crippen LogP contribution in [-0.4, -0.2) is 83.5 Å². The molecule has 3 atom stereocenters. The van der Waals surface area contributed by atoms with Gasteiger partial charge in [0, 0.05) is 6.54 Å². The van der Waals surface area contributed by atoms with E-state index in [1.165, 1.54) is 4.90 Å². The van der Waals surface area contributed by atoms with Crippen LogP contribution in [-0.2, 0) is 28.7 Å². The molecule has 2 fully saturated rings. The SMILES string of the molecule is CC(C)(C)OC(=O)CNC(=O)N[C@H](C(=O)N1CCC[C@H]1C(=O)NC(CC1CC1)C(=O)C(N)=O)C(C)(C)C.CC(C)C.CS. The summed E-state index contributed by atoms with van der Waals surface area (Å²) in [5.41, 5.74) is 3.74. The molecule has 13 heteroatoms. The number of Topliss-reactive ketones (excluding diaryl/α,β-unsaturated/α-hetero) is 1. The average molecular weight is 630 g/mol. The molecule has 0 aromatic rings. The Labute approximate surface area is 262 Å². The minimum Gasteiger partial charge on any atom is -0.459 e. The van der Waals surface area contributed by atoms with E-state index in [9.17, 15) is 28.8 Å². The van der Waals surface area contributed by atoms with Crippen molar-refractivity contribution < 1.29 is 33.5 Å². The summed E-state index contributed by atoms with van der Waals surface area (Å²) in [6.45, 7) is 16.9. The van der Waals surface area contributed by atoms with E-state index in [-0.39, 0.29) is 12.5 Å². The molecule has 5 N–H and O–H groups in total. The van der Waals surface area contributed by atoms with Crippen LogP contribution in [0, 0.1) is 17.3 Å². The van der Waals surface area contributed by atoms with Gasteiger partial charge in [-0.15, -0.1) is 0 Å². The van der Waals surface area contributed by atoms with Crippen LogP contribution >= 0.6 is 12.6 Å². The molecular weight excluding hydrogens is 574 g/mol. The highest BCUT2D eigenvalue weighted by molar-refractivity contribution is 7.79. The van der Waals surface area contributed by atoms with Crippen molar-refractivity contribution in [3.05, 3.63) is 0 Å². The quantitative estimate of drug-likeness (QED) is 0.140. The fourth-order valence-electron chi connectivity index (χ4n) is 4.19. The van der Waals surface area contributed by atoms with E-state index in [1.807, 2.05) is 0 Å². The molecular formula is C30H55N5O7S. The van der Waals surface area contributed by atoms with E-state index in [4.69, 9.17) is 10.5 Å². The van der Waals surface area contributed by atoms with E-state index < -0.39 is 64.6 Å². The average Bonchev–Trinajstić information content (AvgIpc) is 3.55. The van der Waals surface area contributed by atoms with Crippen LogP contribution in [0.15, 0.2) is 0 Å². The highest BCUT2D eigenvalue weighted by atomic mass is 32.1. The van der Waals surface area contributed by atoms with Gasteiger partial charge in [-0.3, -0.25) is 24.0 Å². The molecule has 1 unspecified atom stereocenters. The van der Waals surface area contributed by atoms with Crippen molar-refractivity contribution >= 4 is 48.1 Å². The monoisotopic (exact) mass is 629 g/mol. The summed E-state index contributed by atoms with van der Waals surface area (Å²) in [5, 5.41) is 7.66. The Morgan fingerprint density at radius 3 is 1.91 bits per heavy atom. The second-order valence-corrected chi connectivity index (χ2v) is 13.6. The molecule has 0 radical (unpaired) electrons. The predicted octanol–water partition coefficient (Wildman–Crippen LogP) is 2.58. The van der Waals surface area contributed by atoms with Crippen LogP contribution in [0.2, 0.25) is 0 Å². The molecule has 1 aliphatic carbocycles. The van der Waals surface area contributed by atoms with Crippen molar-refractivity contribution in [3.8, 4) is 0 Å². The number of primary amides is 1. The number of thiol groups is 1. The van der Waals surface area contributed by atoms with Crippen LogP contribution < -0.4 is 21.7 Å². The van der Waals surface area contributed by atoms with Crippen molar-refractivity contribution in [2.45, 2.75) is 118 Å². The summed E-state index contributed by atoms with van der Waals surface area (Å²) in [4.78, 5) is 76.3. The molecule has 43 heavy (non-hydrogen) atoms. The van der Waals surface area contributed by atoms with Crippen LogP contribution in [0.3, 0.4) is 0 Å². The zero-order valence-corrected chi connectivity index (χ0v) is 28.6. The van der Waals surface area contributed by atoms with Crippen molar-refractivity contribution in [2.24, 2.45) is 23.0 Å². The maximum atomic E-state index is 13.6. The van der Waals surface area contributed by atoms with Crippen LogP contribution in [0.1, 0.15) is 94.4 Å². The Bertz CT molecular complexity index is 968. The van der Waals surface area contributed by atoms with Gasteiger partial charge >= 0.3 is 12.0 Å². The first-order valence-corrected chi connectivity index (χ1v) is 15.8. The van der Waals surface area contributed by atoms with Crippen molar-refractivity contribution in [3.63, 3.8) is 0 Å². The summed E-state index contributed by atoms with van der Waals surface area (Å²) in [5.74, 6) is -2.50. The topological polar surface area (TPSA) is 177 Å². The second-order valence-electron chi connectivity index (χ2n) is 13.6. The predicted molar refractivity (Wildman–Crippen MR) is 169 cm³/mol. The van der Waals surface area contributed by atoms with Gasteiger partial charge in [0.2, 0.25) is 17.6 Å². The zero-order chi connectivity index (χ0) is 33.7. The van der Waals surface area contributed by atoms with Crippen molar-refractivity contribution in [2.75, 3.05) is 19.3 Å². The molecule has 2 rings (SSSR count). The summed E-state index contributed by atoms with van der Waals surface area (Å²) >= 11 is 3.53. The van der Waals surface area contributed by atoms with Crippen LogP contribution in [0.4, 0.5) is 4.79 Å². The van der Waals surface area contributed by atoms with E-state index >= 15 is 0 Å². The molecule has 1 heterocycles. The summed E-state index contributed by atoms with van der Waals surface area (Å²) in [6, 6.07) is -3.61. The van der Waals surface area contributed by atoms with Gasteiger partial charge in [0.25, 0.3) is 5.91 Å². The number of ether oxygens (including phenoxy) is 1. The number of ketones is 1. The molecule has 0 spiro atoms. The third-order valence-corrected chi connectivity index (χ3v) is 6.18. The largest absolute Gasteiger partial charge is 0.459 e. The number of amides is 5. The molecule has 0 aromatic heterocycles. The normalized spacial score (nSPS) is 17.7. The molecule has 0 aromatic carbocycles. The van der Waals surface area contributed by atoms with Gasteiger partial charge in [-0.05, 0) is 63.5 Å². The number of nitrogens with zero attached hydrogens (tertiary/aromatic N) is 1. The lowest BCUT2D eigenvalue weighted by Gasteiger charge is -2.35. The molecule has 12 nitrogen and oxygen atoms in total. The maximum absolute atomic E-state index is 13.6. The number of rotatable bonds is 10. The molecule has 1 saturated carbocycles. The number of esters is 1. The number of carbonyl (C=O) groups is 6. The number of nitrogens with one attached hydrogen (secondary N) is 3. The highest BCUT2D eigenvalue weighted by Gasteiger charge is 2.43. The molecule has 0 bridgehead atoms. The summed E-state index contributed by atoms with van der Waals surface area (Å²) in [7, 11) is 0. The lowest BCUT2D eigenvalue weighted by atomic mass is 9.85. The molecule has 248 valence electrons. The Balaban J connectivity index is 0.00000270. The van der Waals surface area contributed by atoms with Crippen molar-refractivity contribution in [1.82, 2.24) is 20.9 Å². The first-order valence-electron chi connectivity index (χ1n) is 14.9. The minimum absolute atomic E-state index is 0.253. The summed E-state index contributed by atoms with van der Waals surface area (Å²) in [6.07, 6.45) is 4.80. The Morgan fingerprint density at radius 2 is 1.47 bits per heavy atom. The lowest BCUT2D eigenvalue weighted by molar-refractivity contribution is -0.153. The molecule has 2 aliphatic rings. The molecule has 1 aliphatic heterocycles. The third kappa shape index (κ3) is 16.0. The van der Waals surface area contributed by atoms with Crippen LogP contribution in [0.25, 0.3) is 0 Å². The zero-order valence-electron chi connectivity index (χ0n) is 27.7. The number of hydrogen-bond donors (Lipinski definition) is 5. The first kappa shape index (κ1) is 40.2. The lowest BCUT2D eigenvalue weighted by Crippen LogP contribution is -2.60. The standard InChI is InChI=1S/C25H41N5O7.C4H10.CH4S/c1-24(2,3)19(29-23(36)27-13-17(31)37-25(4,5)6)22(35)30-11-7-8-16(30)21(34)28-15(12-14-9-10-14)18(32)20(26)33;1-4(2)3;1-2/h14-16,19H,7-13H2,1-6H3,(H2,26,33)(H,28,34)(H2,27,29,36);4H,1-3H3;2H,1H3/t15?,16-,19+;;/m0../s1. The number of carbonyl (C=O) groups excluding carboxylic acids is 6. The van der Waals surface area contributed by atoms with Crippen LogP contribution in [0.5, 0.6) is 0 Å². The van der Waals surface area contributed by atoms with Gasteiger partial charge in [-0.2, -0.15) is 12.6 Å². The number of urea groups is 1. The van der Waals surface area contributed by atoms with Gasteiger partial charge in [-0.1, -0.05) is 54.4 Å². The Hall–Kier alpha value is -2.83. The van der Waals surface area contributed by atoms with Gasteiger partial charge in [0.05, 0.1) is 6.04 Å². The van der Waals surface area contributed by atoms with E-state index in [0.29, 0.717) is 25.8 Å². The fourth-order valence-corrected chi connectivity index (χ4v) is 4.19. The smallest absolute Gasteiger partial charge is 0.325 e. The fraction of sp³-hybridized carbons (Fsp3) is 0.800. The highest BCUT2D eigenvalue weighted by Crippen LogP contribution is 2.34.